The first-order chi connectivity index (χ1) is 18.7. The Morgan fingerprint density at radius 2 is 1.62 bits per heavy atom. The number of carbonyl (C=O) groups is 2. The number of nitrogens with zero attached hydrogens (tertiary/aromatic N) is 2. The van der Waals surface area contributed by atoms with Gasteiger partial charge in [0, 0.05) is 38.0 Å². The molecule has 8 nitrogen and oxygen atoms in total. The molecule has 0 aliphatic rings. The third-order valence-electron chi connectivity index (χ3n) is 6.32. The quantitative estimate of drug-likeness (QED) is 0.330. The van der Waals surface area contributed by atoms with E-state index < -0.39 is 16.1 Å². The van der Waals surface area contributed by atoms with Crippen LogP contribution in [0.1, 0.15) is 24.0 Å². The molecule has 39 heavy (non-hydrogen) atoms. The maximum atomic E-state index is 13.7. The molecule has 0 aliphatic carbocycles. The lowest BCUT2D eigenvalue weighted by atomic mass is 10.0. The number of sulfonamides is 1. The third-order valence-corrected chi connectivity index (χ3v) is 7.87. The normalized spacial score (nSPS) is 11.9. The molecule has 1 atom stereocenters. The molecule has 0 aromatic heterocycles. The molecule has 0 radical (unpaired) electrons. The van der Waals surface area contributed by atoms with Crippen LogP contribution in [0.25, 0.3) is 0 Å². The molecule has 1 N–H and O–H groups in total. The van der Waals surface area contributed by atoms with Crippen molar-refractivity contribution in [3.05, 3.63) is 95.0 Å². The smallest absolute Gasteiger partial charge is 0.242 e. The SMILES string of the molecule is CNC(=O)[C@@H](Cc1ccccc1)N(Cc1ccccc1Cl)C(=O)CCCN(c1ccccc1OC)S(C)(=O)=O. The lowest BCUT2D eigenvalue weighted by molar-refractivity contribution is -0.141. The number of carbonyl (C=O) groups excluding carboxylic acids is 2. The average molecular weight is 572 g/mol. The summed E-state index contributed by atoms with van der Waals surface area (Å²) in [6.07, 6.45) is 1.68. The summed E-state index contributed by atoms with van der Waals surface area (Å²) in [6.45, 7) is 0.194. The molecule has 208 valence electrons. The van der Waals surface area contributed by atoms with E-state index in [1.54, 1.807) is 36.4 Å². The van der Waals surface area contributed by atoms with Crippen molar-refractivity contribution in [3.8, 4) is 5.75 Å². The molecule has 0 fully saturated rings. The van der Waals surface area contributed by atoms with Crippen LogP contribution in [0.5, 0.6) is 5.75 Å². The predicted molar refractivity (Wildman–Crippen MR) is 154 cm³/mol. The van der Waals surface area contributed by atoms with Crippen molar-refractivity contribution in [2.45, 2.75) is 31.8 Å². The Morgan fingerprint density at radius 1 is 0.974 bits per heavy atom. The summed E-state index contributed by atoms with van der Waals surface area (Å²) in [5.74, 6) is -0.170. The number of anilines is 1. The van der Waals surface area contributed by atoms with Crippen LogP contribution < -0.4 is 14.4 Å². The van der Waals surface area contributed by atoms with Gasteiger partial charge in [-0.3, -0.25) is 13.9 Å². The van der Waals surface area contributed by atoms with Gasteiger partial charge in [0.2, 0.25) is 21.8 Å². The monoisotopic (exact) mass is 571 g/mol. The first kappa shape index (κ1) is 30.0. The number of rotatable bonds is 13. The van der Waals surface area contributed by atoms with Gasteiger partial charge in [0.05, 0.1) is 19.1 Å². The molecule has 3 aromatic carbocycles. The number of benzene rings is 3. The Balaban J connectivity index is 1.87. The number of halogens is 1. The number of nitrogens with one attached hydrogen (secondary N) is 1. The Hall–Kier alpha value is -3.56. The highest BCUT2D eigenvalue weighted by atomic mass is 35.5. The van der Waals surface area contributed by atoms with Gasteiger partial charge in [-0.2, -0.15) is 0 Å². The van der Waals surface area contributed by atoms with Gasteiger partial charge in [-0.05, 0) is 35.7 Å². The van der Waals surface area contributed by atoms with Crippen molar-refractivity contribution < 1.29 is 22.7 Å². The number of methoxy groups -OCH3 is 1. The zero-order chi connectivity index (χ0) is 28.4. The second-order valence-corrected chi connectivity index (χ2v) is 11.4. The topological polar surface area (TPSA) is 96.0 Å². The summed E-state index contributed by atoms with van der Waals surface area (Å²) in [5, 5.41) is 3.17. The summed E-state index contributed by atoms with van der Waals surface area (Å²) in [6, 6.07) is 22.7. The van der Waals surface area contributed by atoms with E-state index in [-0.39, 0.29) is 37.7 Å². The molecular weight excluding hydrogens is 538 g/mol. The molecule has 0 spiro atoms. The molecule has 0 aliphatic heterocycles. The summed E-state index contributed by atoms with van der Waals surface area (Å²) in [4.78, 5) is 28.3. The number of para-hydroxylation sites is 2. The van der Waals surface area contributed by atoms with Gasteiger partial charge >= 0.3 is 0 Å². The molecular formula is C29H34ClN3O5S. The second-order valence-electron chi connectivity index (χ2n) is 9.04. The van der Waals surface area contributed by atoms with Crippen molar-refractivity contribution in [1.29, 1.82) is 0 Å². The minimum atomic E-state index is -3.65. The second kappa shape index (κ2) is 14.0. The Morgan fingerprint density at radius 3 is 2.26 bits per heavy atom. The summed E-state index contributed by atoms with van der Waals surface area (Å²) < 4.78 is 31.9. The molecule has 0 saturated heterocycles. The number of ether oxygens (including phenoxy) is 1. The van der Waals surface area contributed by atoms with Crippen LogP contribution in [0.2, 0.25) is 5.02 Å². The molecule has 2 amide bonds. The van der Waals surface area contributed by atoms with Crippen LogP contribution in [-0.4, -0.2) is 58.1 Å². The van der Waals surface area contributed by atoms with Crippen molar-refractivity contribution in [1.82, 2.24) is 10.2 Å². The van der Waals surface area contributed by atoms with Gasteiger partial charge in [-0.25, -0.2) is 8.42 Å². The van der Waals surface area contributed by atoms with Crippen molar-refractivity contribution in [2.24, 2.45) is 0 Å². The van der Waals surface area contributed by atoms with Gasteiger partial charge in [0.25, 0.3) is 0 Å². The molecule has 0 unspecified atom stereocenters. The Bertz CT molecular complexity index is 1370. The average Bonchev–Trinajstić information content (AvgIpc) is 2.93. The Kier molecular flexibility index (Phi) is 10.8. The summed E-state index contributed by atoms with van der Waals surface area (Å²) in [5.41, 5.74) is 2.01. The van der Waals surface area contributed by atoms with Gasteiger partial charge in [-0.1, -0.05) is 72.3 Å². The Labute approximate surface area is 235 Å². The van der Waals surface area contributed by atoms with Gasteiger partial charge in [-0.15, -0.1) is 0 Å². The van der Waals surface area contributed by atoms with E-state index in [2.05, 4.69) is 5.32 Å². The van der Waals surface area contributed by atoms with Gasteiger partial charge in [0.15, 0.2) is 0 Å². The molecule has 0 bridgehead atoms. The van der Waals surface area contributed by atoms with Crippen LogP contribution in [-0.2, 0) is 32.6 Å². The zero-order valence-electron chi connectivity index (χ0n) is 22.3. The number of hydrogen-bond donors (Lipinski definition) is 1. The van der Waals surface area contributed by atoms with Crippen LogP contribution in [0.15, 0.2) is 78.9 Å². The predicted octanol–water partition coefficient (Wildman–Crippen LogP) is 4.28. The number of likely N-dealkylation sites (N-methyl/N-ethyl adjacent to an activating group) is 1. The summed E-state index contributed by atoms with van der Waals surface area (Å²) >= 11 is 6.42. The van der Waals surface area contributed by atoms with E-state index in [1.165, 1.54) is 23.4 Å². The van der Waals surface area contributed by atoms with Crippen molar-refractivity contribution in [3.63, 3.8) is 0 Å². The highest BCUT2D eigenvalue weighted by Gasteiger charge is 2.30. The molecule has 0 heterocycles. The first-order valence-electron chi connectivity index (χ1n) is 12.5. The number of amides is 2. The zero-order valence-corrected chi connectivity index (χ0v) is 23.9. The van der Waals surface area contributed by atoms with Crippen LogP contribution in [0.4, 0.5) is 5.69 Å². The van der Waals surface area contributed by atoms with E-state index in [4.69, 9.17) is 16.3 Å². The fraction of sp³-hybridized carbons (Fsp3) is 0.310. The molecule has 10 heteroatoms. The number of hydrogen-bond acceptors (Lipinski definition) is 5. The standard InChI is InChI=1S/C29H34ClN3O5S/c1-31-29(35)26(20-22-12-5-4-6-13-22)32(21-23-14-7-8-15-24(23)30)28(34)18-11-19-33(39(3,36)37)25-16-9-10-17-27(25)38-2/h4-10,12-17,26H,11,18-21H2,1-3H3,(H,31,35)/t26-/m1/s1. The third kappa shape index (κ3) is 8.21. The van der Waals surface area contributed by atoms with E-state index in [9.17, 15) is 18.0 Å². The van der Waals surface area contributed by atoms with E-state index in [0.29, 0.717) is 28.4 Å². The lowest BCUT2D eigenvalue weighted by Crippen LogP contribution is -2.49. The van der Waals surface area contributed by atoms with Crippen LogP contribution >= 0.6 is 11.6 Å². The van der Waals surface area contributed by atoms with Crippen molar-refractivity contribution in [2.75, 3.05) is 31.3 Å². The molecule has 3 rings (SSSR count). The lowest BCUT2D eigenvalue weighted by Gasteiger charge is -2.32. The largest absolute Gasteiger partial charge is 0.495 e. The fourth-order valence-corrected chi connectivity index (χ4v) is 5.51. The highest BCUT2D eigenvalue weighted by Crippen LogP contribution is 2.30. The van der Waals surface area contributed by atoms with E-state index >= 15 is 0 Å². The maximum Gasteiger partial charge on any atom is 0.242 e. The van der Waals surface area contributed by atoms with E-state index in [1.807, 2.05) is 42.5 Å². The van der Waals surface area contributed by atoms with Crippen molar-refractivity contribution >= 4 is 39.1 Å². The fourth-order valence-electron chi connectivity index (χ4n) is 4.35. The van der Waals surface area contributed by atoms with Crippen LogP contribution in [0.3, 0.4) is 0 Å². The molecule has 3 aromatic rings. The van der Waals surface area contributed by atoms with Gasteiger partial charge in [0.1, 0.15) is 11.8 Å². The van der Waals surface area contributed by atoms with E-state index in [0.717, 1.165) is 11.8 Å². The molecule has 0 saturated carbocycles. The maximum absolute atomic E-state index is 13.7. The van der Waals surface area contributed by atoms with Crippen LogP contribution in [0, 0.1) is 0 Å². The minimum Gasteiger partial charge on any atom is -0.495 e. The van der Waals surface area contributed by atoms with Gasteiger partial charge < -0.3 is 15.0 Å². The summed E-state index contributed by atoms with van der Waals surface area (Å²) in [7, 11) is -0.640. The highest BCUT2D eigenvalue weighted by molar-refractivity contribution is 7.92. The first-order valence-corrected chi connectivity index (χ1v) is 14.8. The minimum absolute atomic E-state index is 0.0217.